The Morgan fingerprint density at radius 3 is 2.38 bits per heavy atom. The van der Waals surface area contributed by atoms with Crippen LogP contribution in [0.15, 0.2) is 71.6 Å². The summed E-state index contributed by atoms with van der Waals surface area (Å²) in [4.78, 5) is 12.9. The second kappa shape index (κ2) is 6.71. The van der Waals surface area contributed by atoms with Crippen molar-refractivity contribution in [1.82, 2.24) is 4.72 Å². The van der Waals surface area contributed by atoms with E-state index in [0.717, 1.165) is 5.56 Å². The van der Waals surface area contributed by atoms with Crippen LogP contribution in [0.25, 0.3) is 0 Å². The Bertz CT molecular complexity index is 855. The van der Waals surface area contributed by atoms with Gasteiger partial charge in [0.15, 0.2) is 5.78 Å². The van der Waals surface area contributed by atoms with Crippen molar-refractivity contribution >= 4 is 15.8 Å². The van der Waals surface area contributed by atoms with E-state index in [2.05, 4.69) is 4.72 Å². The summed E-state index contributed by atoms with van der Waals surface area (Å²) in [6.45, 7) is 1.90. The number of allylic oxidation sites excluding steroid dienone is 1. The van der Waals surface area contributed by atoms with Gasteiger partial charge in [0, 0.05) is 11.5 Å². The summed E-state index contributed by atoms with van der Waals surface area (Å²) in [7, 11) is -3.66. The van der Waals surface area contributed by atoms with Gasteiger partial charge in [0.05, 0.1) is 10.9 Å². The van der Waals surface area contributed by atoms with Crippen LogP contribution in [-0.2, 0) is 10.0 Å². The Balaban J connectivity index is 1.80. The monoisotopic (exact) mass is 341 g/mol. The molecule has 0 radical (unpaired) electrons. The number of rotatable bonds is 5. The molecule has 0 aromatic heterocycles. The van der Waals surface area contributed by atoms with Gasteiger partial charge in [-0.15, -0.1) is 0 Å². The lowest BCUT2D eigenvalue weighted by Crippen LogP contribution is -2.40. The number of sulfonamides is 1. The average molecular weight is 341 g/mol. The number of nitrogens with one attached hydrogen (secondary N) is 1. The van der Waals surface area contributed by atoms with Crippen molar-refractivity contribution in [2.24, 2.45) is 5.92 Å². The summed E-state index contributed by atoms with van der Waals surface area (Å²) < 4.78 is 27.8. The standard InChI is InChI=1S/C19H19NO3S/c1-14-10-12-16(13-11-14)24(22,23)20-18-9-5-8-17(18)19(21)15-6-3-2-4-7-15/h2-7,9-13,17-18,20H,8H2,1H3/t17-,18+/m1/s1. The third-order valence-corrected chi connectivity index (χ3v) is 5.66. The molecule has 5 heteroatoms. The Morgan fingerprint density at radius 1 is 1.04 bits per heavy atom. The fraction of sp³-hybridized carbons (Fsp3) is 0.211. The summed E-state index contributed by atoms with van der Waals surface area (Å²) in [6, 6.07) is 15.1. The van der Waals surface area contributed by atoms with Crippen molar-refractivity contribution in [3.05, 3.63) is 77.9 Å². The quantitative estimate of drug-likeness (QED) is 0.671. The molecule has 2 aromatic carbocycles. The zero-order valence-corrected chi connectivity index (χ0v) is 14.2. The van der Waals surface area contributed by atoms with E-state index in [1.807, 2.05) is 19.1 Å². The summed E-state index contributed by atoms with van der Waals surface area (Å²) >= 11 is 0. The molecule has 24 heavy (non-hydrogen) atoms. The van der Waals surface area contributed by atoms with Crippen molar-refractivity contribution in [3.63, 3.8) is 0 Å². The molecular formula is C19H19NO3S. The average Bonchev–Trinajstić information content (AvgIpc) is 3.02. The van der Waals surface area contributed by atoms with Crippen LogP contribution < -0.4 is 4.72 Å². The summed E-state index contributed by atoms with van der Waals surface area (Å²) in [5, 5.41) is 0. The highest BCUT2D eigenvalue weighted by molar-refractivity contribution is 7.89. The van der Waals surface area contributed by atoms with Crippen LogP contribution in [0.4, 0.5) is 0 Å². The highest BCUT2D eigenvalue weighted by atomic mass is 32.2. The second-order valence-corrected chi connectivity index (χ2v) is 7.67. The van der Waals surface area contributed by atoms with E-state index >= 15 is 0 Å². The topological polar surface area (TPSA) is 63.2 Å². The number of ketones is 1. The summed E-state index contributed by atoms with van der Waals surface area (Å²) in [5.74, 6) is -0.454. The highest BCUT2D eigenvalue weighted by Crippen LogP contribution is 2.25. The van der Waals surface area contributed by atoms with E-state index in [1.165, 1.54) is 0 Å². The Kier molecular flexibility index (Phi) is 4.64. The van der Waals surface area contributed by atoms with Crippen molar-refractivity contribution in [2.45, 2.75) is 24.3 Å². The Morgan fingerprint density at radius 2 is 1.71 bits per heavy atom. The van der Waals surface area contributed by atoms with Crippen molar-refractivity contribution in [2.75, 3.05) is 0 Å². The van der Waals surface area contributed by atoms with Crippen LogP contribution in [0, 0.1) is 12.8 Å². The SMILES string of the molecule is Cc1ccc(S(=O)(=O)N[C@H]2C=CC[C@H]2C(=O)c2ccccc2)cc1. The molecule has 0 saturated heterocycles. The highest BCUT2D eigenvalue weighted by Gasteiger charge is 2.33. The number of aryl methyl sites for hydroxylation is 1. The molecule has 0 unspecified atom stereocenters. The van der Waals surface area contributed by atoms with Gasteiger partial charge in [0.25, 0.3) is 0 Å². The van der Waals surface area contributed by atoms with Crippen LogP contribution in [0.3, 0.4) is 0 Å². The molecule has 1 N–H and O–H groups in total. The van der Waals surface area contributed by atoms with Crippen molar-refractivity contribution < 1.29 is 13.2 Å². The molecule has 2 aromatic rings. The molecule has 0 saturated carbocycles. The first kappa shape index (κ1) is 16.6. The molecule has 0 aliphatic heterocycles. The van der Waals surface area contributed by atoms with E-state index in [-0.39, 0.29) is 10.7 Å². The zero-order chi connectivity index (χ0) is 17.2. The van der Waals surface area contributed by atoms with Gasteiger partial charge in [-0.05, 0) is 25.5 Å². The van der Waals surface area contributed by atoms with Crippen LogP contribution in [0.5, 0.6) is 0 Å². The normalized spacial score (nSPS) is 20.2. The van der Waals surface area contributed by atoms with Gasteiger partial charge in [-0.2, -0.15) is 0 Å². The molecule has 0 heterocycles. The van der Waals surface area contributed by atoms with Crippen LogP contribution >= 0.6 is 0 Å². The predicted molar refractivity (Wildman–Crippen MR) is 93.3 cm³/mol. The number of carbonyl (C=O) groups is 1. The lowest BCUT2D eigenvalue weighted by molar-refractivity contribution is 0.0915. The fourth-order valence-corrected chi connectivity index (χ4v) is 4.06. The van der Waals surface area contributed by atoms with Crippen molar-refractivity contribution in [3.8, 4) is 0 Å². The molecule has 1 aliphatic carbocycles. The third kappa shape index (κ3) is 3.47. The fourth-order valence-electron chi connectivity index (χ4n) is 2.83. The number of benzene rings is 2. The molecular weight excluding hydrogens is 322 g/mol. The second-order valence-electron chi connectivity index (χ2n) is 5.96. The minimum atomic E-state index is -3.66. The van der Waals surface area contributed by atoms with E-state index in [9.17, 15) is 13.2 Å². The van der Waals surface area contributed by atoms with E-state index < -0.39 is 22.0 Å². The molecule has 124 valence electrons. The number of carbonyl (C=O) groups excluding carboxylic acids is 1. The Hall–Kier alpha value is -2.24. The number of Topliss-reactive ketones (excluding diaryl/α,β-unsaturated/α-hetero) is 1. The smallest absolute Gasteiger partial charge is 0.241 e. The molecule has 0 spiro atoms. The third-order valence-electron chi connectivity index (χ3n) is 4.18. The summed E-state index contributed by atoms with van der Waals surface area (Å²) in [6.07, 6.45) is 4.15. The van der Waals surface area contributed by atoms with Gasteiger partial charge in [-0.1, -0.05) is 60.2 Å². The molecule has 4 nitrogen and oxygen atoms in total. The van der Waals surface area contributed by atoms with E-state index in [0.29, 0.717) is 12.0 Å². The lowest BCUT2D eigenvalue weighted by Gasteiger charge is -2.20. The van der Waals surface area contributed by atoms with Crippen LogP contribution in [0.1, 0.15) is 22.3 Å². The number of hydrogen-bond donors (Lipinski definition) is 1. The maximum atomic E-state index is 12.6. The van der Waals surface area contributed by atoms with E-state index in [4.69, 9.17) is 0 Å². The van der Waals surface area contributed by atoms with Gasteiger partial charge < -0.3 is 0 Å². The van der Waals surface area contributed by atoms with Gasteiger partial charge in [-0.25, -0.2) is 13.1 Å². The molecule has 0 fully saturated rings. The first-order valence-corrected chi connectivity index (χ1v) is 9.30. The van der Waals surface area contributed by atoms with Crippen LogP contribution in [-0.4, -0.2) is 20.2 Å². The molecule has 2 atom stereocenters. The summed E-state index contributed by atoms with van der Waals surface area (Å²) in [5.41, 5.74) is 1.59. The molecule has 1 aliphatic rings. The maximum Gasteiger partial charge on any atom is 0.241 e. The van der Waals surface area contributed by atoms with Gasteiger partial charge in [-0.3, -0.25) is 4.79 Å². The maximum absolute atomic E-state index is 12.6. The van der Waals surface area contributed by atoms with Crippen molar-refractivity contribution in [1.29, 1.82) is 0 Å². The van der Waals surface area contributed by atoms with Crippen LogP contribution in [0.2, 0.25) is 0 Å². The first-order chi connectivity index (χ1) is 11.5. The van der Waals surface area contributed by atoms with Gasteiger partial charge in [0.1, 0.15) is 0 Å². The predicted octanol–water partition coefficient (Wildman–Crippen LogP) is 3.10. The zero-order valence-electron chi connectivity index (χ0n) is 13.3. The molecule has 0 bridgehead atoms. The molecule has 0 amide bonds. The minimum absolute atomic E-state index is 0.0443. The lowest BCUT2D eigenvalue weighted by atomic mass is 9.93. The number of hydrogen-bond acceptors (Lipinski definition) is 3. The first-order valence-electron chi connectivity index (χ1n) is 7.82. The Labute approximate surface area is 142 Å². The minimum Gasteiger partial charge on any atom is -0.294 e. The largest absolute Gasteiger partial charge is 0.294 e. The van der Waals surface area contributed by atoms with Gasteiger partial charge >= 0.3 is 0 Å². The van der Waals surface area contributed by atoms with E-state index in [1.54, 1.807) is 54.6 Å². The van der Waals surface area contributed by atoms with Gasteiger partial charge in [0.2, 0.25) is 10.0 Å². The molecule has 3 rings (SSSR count).